The Hall–Kier alpha value is -3.93. The summed E-state index contributed by atoms with van der Waals surface area (Å²) in [6, 6.07) is 0. The number of allylic oxidation sites excluding steroid dienone is 18. The molecule has 0 aliphatic heterocycles. The summed E-state index contributed by atoms with van der Waals surface area (Å²) in [6.45, 7) is 6.41. The zero-order valence-corrected chi connectivity index (χ0v) is 44.8. The first-order valence-electron chi connectivity index (χ1n) is 28.4. The lowest BCUT2D eigenvalue weighted by atomic mass is 10.1. The van der Waals surface area contributed by atoms with Crippen LogP contribution in [0, 0.1) is 0 Å². The first-order chi connectivity index (χ1) is 34.0. The number of hydrogen-bond donors (Lipinski definition) is 0. The lowest BCUT2D eigenvalue weighted by Crippen LogP contribution is -2.30. The summed E-state index contributed by atoms with van der Waals surface area (Å²) < 4.78 is 16.8. The van der Waals surface area contributed by atoms with Gasteiger partial charge in [0.1, 0.15) is 13.2 Å². The molecule has 69 heavy (non-hydrogen) atoms. The number of esters is 3. The number of carbonyl (C=O) groups excluding carboxylic acids is 3. The molecule has 0 bridgehead atoms. The van der Waals surface area contributed by atoms with Crippen molar-refractivity contribution in [2.45, 2.75) is 258 Å². The fourth-order valence-electron chi connectivity index (χ4n) is 7.48. The molecule has 1 unspecified atom stereocenters. The highest BCUT2D eigenvalue weighted by atomic mass is 16.6. The summed E-state index contributed by atoms with van der Waals surface area (Å²) in [5.74, 6) is -0.952. The van der Waals surface area contributed by atoms with Gasteiger partial charge in [-0.25, -0.2) is 0 Å². The minimum Gasteiger partial charge on any atom is -0.462 e. The Kier molecular flexibility index (Phi) is 53.4. The van der Waals surface area contributed by atoms with Crippen LogP contribution in [0.2, 0.25) is 0 Å². The van der Waals surface area contributed by atoms with Crippen LogP contribution in [0.4, 0.5) is 0 Å². The SMILES string of the molecule is CC/C=C\C/C=C\C/C=C\C/C=C\C/C=C\C/C=C\C/C=C\CCCCCC(=O)OCC(COC(=O)CCCCCCC/C=C\CCC)OC(=O)CCCCCCC/C=C\CCCCCCCCC. The van der Waals surface area contributed by atoms with Crippen LogP contribution in [0.3, 0.4) is 0 Å². The number of unbranched alkanes of at least 4 members (excludes halogenated alkanes) is 21. The molecule has 0 aromatic carbocycles. The Labute approximate surface area is 425 Å². The van der Waals surface area contributed by atoms with Crippen molar-refractivity contribution in [1.82, 2.24) is 0 Å². The fraction of sp³-hybridized carbons (Fsp3) is 0.667. The van der Waals surface area contributed by atoms with E-state index in [1.165, 1.54) is 70.6 Å². The lowest BCUT2D eigenvalue weighted by Gasteiger charge is -2.18. The second kappa shape index (κ2) is 56.7. The van der Waals surface area contributed by atoms with E-state index in [2.05, 4.69) is 130 Å². The van der Waals surface area contributed by atoms with E-state index < -0.39 is 6.10 Å². The van der Waals surface area contributed by atoms with Crippen molar-refractivity contribution in [2.75, 3.05) is 13.2 Å². The van der Waals surface area contributed by atoms with Crippen LogP contribution in [0.5, 0.6) is 0 Å². The van der Waals surface area contributed by atoms with Gasteiger partial charge in [-0.05, 0) is 122 Å². The topological polar surface area (TPSA) is 78.9 Å². The van der Waals surface area contributed by atoms with E-state index in [0.29, 0.717) is 19.3 Å². The van der Waals surface area contributed by atoms with Crippen molar-refractivity contribution in [3.05, 3.63) is 109 Å². The van der Waals surface area contributed by atoms with E-state index in [9.17, 15) is 14.4 Å². The zero-order chi connectivity index (χ0) is 50.0. The second-order valence-electron chi connectivity index (χ2n) is 18.5. The van der Waals surface area contributed by atoms with Crippen molar-refractivity contribution >= 4 is 17.9 Å². The van der Waals surface area contributed by atoms with E-state index in [1.54, 1.807) is 0 Å². The third-order valence-electron chi connectivity index (χ3n) is 11.7. The molecule has 1 atom stereocenters. The standard InChI is InChI=1S/C63H104O6/c1-4-7-10-13-16-19-22-24-26-28-29-30-31-32-33-34-35-36-38-39-41-44-47-50-53-56-62(65)68-59-60(58-67-61(64)55-52-49-46-43-21-18-15-12-9-6-3)69-63(66)57-54-51-48-45-42-40-37-27-25-23-20-17-14-11-8-5-2/h7,10,12,15-16,19,24,26-27,29-30,32-33,35-37,39,41,60H,4-6,8-9,11,13-14,17-18,20-23,25,28,31,34,38,40,42-59H2,1-3H3/b10-7-,15-12-,19-16-,26-24-,30-29-,33-32-,36-35-,37-27-,41-39-. The molecule has 0 rings (SSSR count). The van der Waals surface area contributed by atoms with Crippen LogP contribution in [-0.4, -0.2) is 37.2 Å². The highest BCUT2D eigenvalue weighted by Crippen LogP contribution is 2.14. The Balaban J connectivity index is 4.39. The third-order valence-corrected chi connectivity index (χ3v) is 11.7. The van der Waals surface area contributed by atoms with Crippen LogP contribution in [0.25, 0.3) is 0 Å². The Morgan fingerprint density at radius 2 is 0.594 bits per heavy atom. The molecule has 0 saturated carbocycles. The van der Waals surface area contributed by atoms with Gasteiger partial charge in [-0.2, -0.15) is 0 Å². The first-order valence-corrected chi connectivity index (χ1v) is 28.4. The third kappa shape index (κ3) is 54.9. The summed E-state index contributed by atoms with van der Waals surface area (Å²) in [6.07, 6.45) is 76.6. The molecule has 6 nitrogen and oxygen atoms in total. The maximum absolute atomic E-state index is 12.8. The van der Waals surface area contributed by atoms with Gasteiger partial charge in [0.05, 0.1) is 0 Å². The minimum atomic E-state index is -0.801. The monoisotopic (exact) mass is 957 g/mol. The molecule has 0 aliphatic rings. The largest absolute Gasteiger partial charge is 0.462 e. The second-order valence-corrected chi connectivity index (χ2v) is 18.5. The predicted molar refractivity (Wildman–Crippen MR) is 297 cm³/mol. The van der Waals surface area contributed by atoms with Crippen molar-refractivity contribution < 1.29 is 28.6 Å². The first kappa shape index (κ1) is 65.1. The van der Waals surface area contributed by atoms with Crippen molar-refractivity contribution in [3.8, 4) is 0 Å². The molecule has 0 fully saturated rings. The highest BCUT2D eigenvalue weighted by molar-refractivity contribution is 5.71. The molecule has 6 heteroatoms. The lowest BCUT2D eigenvalue weighted by molar-refractivity contribution is -0.167. The number of hydrogen-bond acceptors (Lipinski definition) is 6. The van der Waals surface area contributed by atoms with Gasteiger partial charge >= 0.3 is 17.9 Å². The molecule has 0 amide bonds. The van der Waals surface area contributed by atoms with Gasteiger partial charge in [-0.15, -0.1) is 0 Å². The van der Waals surface area contributed by atoms with Gasteiger partial charge < -0.3 is 14.2 Å². The summed E-state index contributed by atoms with van der Waals surface area (Å²) in [7, 11) is 0. The quantitative estimate of drug-likeness (QED) is 0.0262. The van der Waals surface area contributed by atoms with E-state index in [4.69, 9.17) is 14.2 Å². The number of carbonyl (C=O) groups is 3. The molecule has 0 heterocycles. The predicted octanol–water partition coefficient (Wildman–Crippen LogP) is 19.1. The maximum atomic E-state index is 12.8. The summed E-state index contributed by atoms with van der Waals surface area (Å²) in [5, 5.41) is 0. The molecule has 0 aromatic rings. The van der Waals surface area contributed by atoms with Crippen LogP contribution in [-0.2, 0) is 28.6 Å². The summed E-state index contributed by atoms with van der Waals surface area (Å²) >= 11 is 0. The van der Waals surface area contributed by atoms with Gasteiger partial charge in [0.15, 0.2) is 6.10 Å². The van der Waals surface area contributed by atoms with Crippen molar-refractivity contribution in [3.63, 3.8) is 0 Å². The maximum Gasteiger partial charge on any atom is 0.306 e. The molecular formula is C63H104O6. The average Bonchev–Trinajstić information content (AvgIpc) is 3.35. The van der Waals surface area contributed by atoms with Gasteiger partial charge in [0, 0.05) is 19.3 Å². The van der Waals surface area contributed by atoms with Crippen molar-refractivity contribution in [1.29, 1.82) is 0 Å². The number of rotatable bonds is 50. The molecule has 0 N–H and O–H groups in total. The average molecular weight is 958 g/mol. The molecule has 0 spiro atoms. The van der Waals surface area contributed by atoms with E-state index in [-0.39, 0.29) is 31.1 Å². The van der Waals surface area contributed by atoms with Crippen LogP contribution in [0.15, 0.2) is 109 Å². The molecular weight excluding hydrogens is 853 g/mol. The van der Waals surface area contributed by atoms with Crippen LogP contribution in [0.1, 0.15) is 252 Å². The van der Waals surface area contributed by atoms with Crippen molar-refractivity contribution in [2.24, 2.45) is 0 Å². The van der Waals surface area contributed by atoms with E-state index >= 15 is 0 Å². The minimum absolute atomic E-state index is 0.0979. The summed E-state index contributed by atoms with van der Waals surface area (Å²) in [5.41, 5.74) is 0. The Morgan fingerprint density at radius 1 is 0.304 bits per heavy atom. The van der Waals surface area contributed by atoms with Gasteiger partial charge in [-0.3, -0.25) is 14.4 Å². The molecule has 0 aliphatic carbocycles. The summed E-state index contributed by atoms with van der Waals surface area (Å²) in [4.78, 5) is 38.0. The molecule has 0 aromatic heterocycles. The van der Waals surface area contributed by atoms with Crippen LogP contribution >= 0.6 is 0 Å². The highest BCUT2D eigenvalue weighted by Gasteiger charge is 2.19. The van der Waals surface area contributed by atoms with E-state index in [1.807, 2.05) is 0 Å². The number of ether oxygens (including phenoxy) is 3. The zero-order valence-electron chi connectivity index (χ0n) is 44.8. The molecule has 0 saturated heterocycles. The van der Waals surface area contributed by atoms with Crippen LogP contribution < -0.4 is 0 Å². The van der Waals surface area contributed by atoms with E-state index in [0.717, 1.165) is 141 Å². The van der Waals surface area contributed by atoms with Gasteiger partial charge in [0.2, 0.25) is 0 Å². The normalized spacial score (nSPS) is 12.9. The smallest absolute Gasteiger partial charge is 0.306 e. The Morgan fingerprint density at radius 3 is 0.971 bits per heavy atom. The van der Waals surface area contributed by atoms with Gasteiger partial charge in [0.25, 0.3) is 0 Å². The Bertz CT molecular complexity index is 1420. The van der Waals surface area contributed by atoms with Gasteiger partial charge in [-0.1, -0.05) is 220 Å². The molecule has 0 radical (unpaired) electrons. The molecule has 392 valence electrons. The fourth-order valence-corrected chi connectivity index (χ4v) is 7.48.